The molecule has 1 aliphatic rings. The number of rotatable bonds is 7. The fourth-order valence-corrected chi connectivity index (χ4v) is 7.73. The summed E-state index contributed by atoms with van der Waals surface area (Å²) in [6.07, 6.45) is 0.153. The highest BCUT2D eigenvalue weighted by molar-refractivity contribution is 7.68. The molecule has 3 aromatic carbocycles. The van der Waals surface area contributed by atoms with Crippen LogP contribution in [0.15, 0.2) is 78.9 Å². The first kappa shape index (κ1) is 21.8. The zero-order valence-electron chi connectivity index (χ0n) is 18.2. The predicted octanol–water partition coefficient (Wildman–Crippen LogP) is 5.88. The zero-order chi connectivity index (χ0) is 22.6. The number of anilines is 2. The Morgan fingerprint density at radius 2 is 1.31 bits per heavy atom. The minimum absolute atomic E-state index is 0.153. The molecule has 1 heterocycles. The van der Waals surface area contributed by atoms with Crippen LogP contribution >= 0.6 is 7.44 Å². The first-order chi connectivity index (χ1) is 15.6. The molecule has 0 bridgehead atoms. The van der Waals surface area contributed by atoms with Gasteiger partial charge in [0, 0.05) is 24.5 Å². The van der Waals surface area contributed by atoms with E-state index in [0.29, 0.717) is 13.1 Å². The van der Waals surface area contributed by atoms with Gasteiger partial charge >= 0.3 is 0 Å². The van der Waals surface area contributed by atoms with Crippen LogP contribution < -0.4 is 18.8 Å². The van der Waals surface area contributed by atoms with Crippen molar-refractivity contribution < 1.29 is 14.0 Å². The van der Waals surface area contributed by atoms with Crippen molar-refractivity contribution >= 4 is 18.8 Å². The summed E-state index contributed by atoms with van der Waals surface area (Å²) in [6.45, 7) is 1.18. The van der Waals surface area contributed by atoms with Gasteiger partial charge in [0.1, 0.15) is 11.5 Å². The number of hydrogen-bond acceptors (Lipinski definition) is 4. The largest absolute Gasteiger partial charge is 0.497 e. The summed E-state index contributed by atoms with van der Waals surface area (Å²) in [5.41, 5.74) is 2.14. The summed E-state index contributed by atoms with van der Waals surface area (Å²) >= 11 is 0. The molecule has 0 N–H and O–H groups in total. The highest BCUT2D eigenvalue weighted by Crippen LogP contribution is 2.69. The molecule has 0 saturated carbocycles. The van der Waals surface area contributed by atoms with E-state index in [-0.39, 0.29) is 6.42 Å². The number of methoxy groups -OCH3 is 2. The third-order valence-corrected chi connectivity index (χ3v) is 9.37. The second kappa shape index (κ2) is 9.38. The van der Waals surface area contributed by atoms with Crippen LogP contribution in [-0.2, 0) is 4.57 Å². The zero-order valence-corrected chi connectivity index (χ0v) is 19.1. The molecule has 0 radical (unpaired) electrons. The van der Waals surface area contributed by atoms with E-state index in [0.717, 1.165) is 28.4 Å². The van der Waals surface area contributed by atoms with E-state index < -0.39 is 13.1 Å². The van der Waals surface area contributed by atoms with E-state index in [1.807, 2.05) is 88.2 Å². The number of nitrogens with zero attached hydrogens (tertiary/aromatic N) is 3. The Bertz CT molecular complexity index is 1070. The Labute approximate surface area is 189 Å². The molecule has 0 aromatic heterocycles. The molecule has 4 rings (SSSR count). The highest BCUT2D eigenvalue weighted by atomic mass is 31.2. The molecule has 0 aliphatic carbocycles. The maximum absolute atomic E-state index is 15.1. The second-order valence-corrected chi connectivity index (χ2v) is 10.3. The third kappa shape index (κ3) is 3.92. The van der Waals surface area contributed by atoms with E-state index in [2.05, 4.69) is 6.07 Å². The summed E-state index contributed by atoms with van der Waals surface area (Å²) in [5.74, 6) is 1.48. The Morgan fingerprint density at radius 1 is 0.844 bits per heavy atom. The molecule has 1 saturated heterocycles. The molecule has 3 aromatic rings. The Hall–Kier alpha value is -3.42. The van der Waals surface area contributed by atoms with Gasteiger partial charge in [-0.05, 0) is 54.1 Å². The van der Waals surface area contributed by atoms with Crippen molar-refractivity contribution in [1.29, 1.82) is 5.26 Å². The van der Waals surface area contributed by atoms with Crippen molar-refractivity contribution in [3.05, 3.63) is 84.4 Å². The molecule has 0 spiro atoms. The predicted molar refractivity (Wildman–Crippen MR) is 128 cm³/mol. The molecule has 164 valence electrons. The summed E-state index contributed by atoms with van der Waals surface area (Å²) in [4.78, 5) is 0. The van der Waals surface area contributed by atoms with Crippen LogP contribution in [0.4, 0.5) is 11.4 Å². The Kier molecular flexibility index (Phi) is 6.39. The molecule has 32 heavy (non-hydrogen) atoms. The molecule has 7 heteroatoms. The van der Waals surface area contributed by atoms with Gasteiger partial charge in [-0.2, -0.15) is 5.26 Å². The molecule has 1 atom stereocenters. The van der Waals surface area contributed by atoms with Crippen LogP contribution in [0.2, 0.25) is 0 Å². The van der Waals surface area contributed by atoms with Crippen LogP contribution in [0.1, 0.15) is 17.6 Å². The lowest BCUT2D eigenvalue weighted by Gasteiger charge is -2.37. The molecule has 6 nitrogen and oxygen atoms in total. The van der Waals surface area contributed by atoms with E-state index in [4.69, 9.17) is 9.47 Å². The molecule has 1 fully saturated rings. The van der Waals surface area contributed by atoms with Crippen LogP contribution in [0.25, 0.3) is 0 Å². The minimum Gasteiger partial charge on any atom is -0.497 e. The van der Waals surface area contributed by atoms with Crippen molar-refractivity contribution in [2.24, 2.45) is 0 Å². The molecule has 1 unspecified atom stereocenters. The van der Waals surface area contributed by atoms with Crippen molar-refractivity contribution in [1.82, 2.24) is 0 Å². The summed E-state index contributed by atoms with van der Waals surface area (Å²) in [6, 6.07) is 27.2. The quantitative estimate of drug-likeness (QED) is 0.422. The van der Waals surface area contributed by atoms with Gasteiger partial charge in [-0.1, -0.05) is 30.3 Å². The second-order valence-electron chi connectivity index (χ2n) is 7.52. The number of ether oxygens (including phenoxy) is 2. The van der Waals surface area contributed by atoms with Gasteiger partial charge in [-0.3, -0.25) is 4.57 Å². The smallest absolute Gasteiger partial charge is 0.271 e. The van der Waals surface area contributed by atoms with Gasteiger partial charge < -0.3 is 18.8 Å². The summed E-state index contributed by atoms with van der Waals surface area (Å²) in [7, 11) is -0.0183. The standard InChI is InChI=1S/C25H26N3O3P/c1-30-23-12-8-21(9-13-23)27-18-19-28(22-10-14-24(31-2)15-11-22)32(27,29)25(16-17-26)20-6-4-3-5-7-20/h3-15,25H,16,18-19H2,1-2H3. The van der Waals surface area contributed by atoms with Gasteiger partial charge in [0.25, 0.3) is 7.44 Å². The average molecular weight is 447 g/mol. The summed E-state index contributed by atoms with van der Waals surface area (Å²) in [5, 5.41) is 9.68. The lowest BCUT2D eigenvalue weighted by molar-refractivity contribution is 0.414. The van der Waals surface area contributed by atoms with Crippen LogP contribution in [0, 0.1) is 11.3 Å². The van der Waals surface area contributed by atoms with Crippen LogP contribution in [0.5, 0.6) is 11.5 Å². The first-order valence-corrected chi connectivity index (χ1v) is 12.2. The molecular weight excluding hydrogens is 421 g/mol. The van der Waals surface area contributed by atoms with Crippen molar-refractivity contribution in [3.8, 4) is 17.6 Å². The highest BCUT2D eigenvalue weighted by Gasteiger charge is 2.49. The van der Waals surface area contributed by atoms with Crippen molar-refractivity contribution in [2.75, 3.05) is 36.6 Å². The van der Waals surface area contributed by atoms with Gasteiger partial charge in [0.2, 0.25) is 0 Å². The average Bonchev–Trinajstić information content (AvgIpc) is 3.20. The lowest BCUT2D eigenvalue weighted by atomic mass is 10.1. The Morgan fingerprint density at radius 3 is 1.72 bits per heavy atom. The van der Waals surface area contributed by atoms with Crippen LogP contribution in [-0.4, -0.2) is 27.3 Å². The van der Waals surface area contributed by atoms with E-state index in [9.17, 15) is 5.26 Å². The Balaban J connectivity index is 1.84. The fourth-order valence-electron chi connectivity index (χ4n) is 4.23. The first-order valence-electron chi connectivity index (χ1n) is 10.5. The summed E-state index contributed by atoms with van der Waals surface area (Å²) < 4.78 is 29.7. The monoisotopic (exact) mass is 447 g/mol. The van der Waals surface area contributed by atoms with Crippen molar-refractivity contribution in [2.45, 2.75) is 12.1 Å². The lowest BCUT2D eigenvalue weighted by Crippen LogP contribution is -2.24. The minimum atomic E-state index is -3.27. The number of benzene rings is 3. The van der Waals surface area contributed by atoms with Crippen molar-refractivity contribution in [3.63, 3.8) is 0 Å². The molecule has 0 amide bonds. The van der Waals surface area contributed by atoms with E-state index in [1.54, 1.807) is 14.2 Å². The van der Waals surface area contributed by atoms with Gasteiger partial charge in [-0.15, -0.1) is 0 Å². The maximum Gasteiger partial charge on any atom is 0.271 e. The van der Waals surface area contributed by atoms with Gasteiger partial charge in [0.05, 0.1) is 32.4 Å². The van der Waals surface area contributed by atoms with Crippen LogP contribution in [0.3, 0.4) is 0 Å². The molecule has 1 aliphatic heterocycles. The normalized spacial score (nSPS) is 15.8. The molecular formula is C25H26N3O3P. The topological polar surface area (TPSA) is 65.8 Å². The van der Waals surface area contributed by atoms with E-state index >= 15 is 4.57 Å². The van der Waals surface area contributed by atoms with Gasteiger partial charge in [0.15, 0.2) is 0 Å². The number of hydrogen-bond donors (Lipinski definition) is 0. The number of nitriles is 1. The maximum atomic E-state index is 15.1. The fraction of sp³-hybridized carbons (Fsp3) is 0.240. The van der Waals surface area contributed by atoms with Gasteiger partial charge in [-0.25, -0.2) is 0 Å². The third-order valence-electron chi connectivity index (χ3n) is 5.83. The SMILES string of the molecule is COc1ccc(N2CCN(c3ccc(OC)cc3)P2(=O)C(CC#N)c2ccccc2)cc1. The van der Waals surface area contributed by atoms with E-state index in [1.165, 1.54) is 0 Å².